The summed E-state index contributed by atoms with van der Waals surface area (Å²) in [4.78, 5) is 24.3. The Bertz CT molecular complexity index is 928. The molecule has 0 bridgehead atoms. The molecule has 2 aromatic rings. The maximum absolute atomic E-state index is 12.6. The highest BCUT2D eigenvalue weighted by atomic mass is 32.2. The summed E-state index contributed by atoms with van der Waals surface area (Å²) in [5.41, 5.74) is 6.69. The molecule has 1 atom stereocenters. The van der Waals surface area contributed by atoms with Crippen molar-refractivity contribution in [3.63, 3.8) is 0 Å². The maximum Gasteiger partial charge on any atom is 0.252 e. The number of rotatable bonds is 5. The van der Waals surface area contributed by atoms with E-state index < -0.39 is 27.9 Å². The zero-order valence-electron chi connectivity index (χ0n) is 14.0. The van der Waals surface area contributed by atoms with Crippen LogP contribution in [0.5, 0.6) is 0 Å². The molecule has 0 saturated carbocycles. The average Bonchev–Trinajstić information content (AvgIpc) is 2.99. The monoisotopic (exact) mass is 373 g/mol. The molecule has 8 heteroatoms. The van der Waals surface area contributed by atoms with Gasteiger partial charge in [-0.3, -0.25) is 13.9 Å². The van der Waals surface area contributed by atoms with E-state index in [9.17, 15) is 18.0 Å². The summed E-state index contributed by atoms with van der Waals surface area (Å²) in [6.45, 7) is 0.390. The number of amides is 2. The van der Waals surface area contributed by atoms with Crippen molar-refractivity contribution < 1.29 is 18.0 Å². The number of nitrogens with one attached hydrogen (secondary N) is 1. The second-order valence-electron chi connectivity index (χ2n) is 6.01. The summed E-state index contributed by atoms with van der Waals surface area (Å²) in [6.07, 6.45) is 0.552. The largest absolute Gasteiger partial charge is 0.368 e. The van der Waals surface area contributed by atoms with E-state index in [1.807, 2.05) is 0 Å². The second kappa shape index (κ2) is 7.17. The third-order valence-corrected chi connectivity index (χ3v) is 6.06. The molecule has 0 spiro atoms. The van der Waals surface area contributed by atoms with E-state index in [1.165, 1.54) is 10.4 Å². The third-order valence-electron chi connectivity index (χ3n) is 4.19. The molecule has 0 aliphatic carbocycles. The summed E-state index contributed by atoms with van der Waals surface area (Å²) < 4.78 is 25.4. The predicted octanol–water partition coefficient (Wildman–Crippen LogP) is 1.18. The lowest BCUT2D eigenvalue weighted by Gasteiger charge is -2.19. The van der Waals surface area contributed by atoms with Crippen LogP contribution < -0.4 is 15.4 Å². The molecule has 26 heavy (non-hydrogen) atoms. The normalized spacial score (nSPS) is 16.8. The molecule has 1 fully saturated rings. The zero-order valence-corrected chi connectivity index (χ0v) is 14.8. The quantitative estimate of drug-likeness (QED) is 0.820. The van der Waals surface area contributed by atoms with Gasteiger partial charge in [0.15, 0.2) is 0 Å². The fourth-order valence-electron chi connectivity index (χ4n) is 2.91. The summed E-state index contributed by atoms with van der Waals surface area (Å²) >= 11 is 0. The summed E-state index contributed by atoms with van der Waals surface area (Å²) in [6, 6.07) is 14.0. The molecule has 3 N–H and O–H groups in total. The Morgan fingerprint density at radius 3 is 2.42 bits per heavy atom. The molecular weight excluding hydrogens is 354 g/mol. The van der Waals surface area contributed by atoms with Crippen LogP contribution in [0.1, 0.15) is 28.4 Å². The first-order valence-corrected chi connectivity index (χ1v) is 9.75. The van der Waals surface area contributed by atoms with Gasteiger partial charge in [0, 0.05) is 12.1 Å². The van der Waals surface area contributed by atoms with Crippen molar-refractivity contribution in [1.29, 1.82) is 0 Å². The van der Waals surface area contributed by atoms with Crippen LogP contribution in [0.2, 0.25) is 0 Å². The van der Waals surface area contributed by atoms with Crippen molar-refractivity contribution in [2.24, 2.45) is 5.73 Å². The molecule has 2 amide bonds. The lowest BCUT2D eigenvalue weighted by molar-refractivity contribution is -0.120. The topological polar surface area (TPSA) is 110 Å². The highest BCUT2D eigenvalue weighted by Gasteiger charge is 2.29. The number of hydrogen-bond acceptors (Lipinski definition) is 4. The Labute approximate surface area is 151 Å². The van der Waals surface area contributed by atoms with E-state index in [0.29, 0.717) is 24.2 Å². The standard InChI is InChI=1S/C18H19N3O4S/c19-17(22)16(13-6-2-1-3-7-13)20-18(23)14-8-4-9-15(12-14)21-10-5-11-26(21,24)25/h1-4,6-9,12,16H,5,10-11H2,(H2,19,22)(H,20,23)/t16-/m0/s1. The average molecular weight is 373 g/mol. The van der Waals surface area contributed by atoms with Gasteiger partial charge < -0.3 is 11.1 Å². The number of sulfonamides is 1. The van der Waals surface area contributed by atoms with Crippen molar-refractivity contribution in [3.05, 3.63) is 65.7 Å². The summed E-state index contributed by atoms with van der Waals surface area (Å²) in [7, 11) is -3.33. The van der Waals surface area contributed by atoms with Gasteiger partial charge in [-0.25, -0.2) is 8.42 Å². The molecule has 1 saturated heterocycles. The SMILES string of the molecule is NC(=O)[C@@H](NC(=O)c1cccc(N2CCCS2(=O)=O)c1)c1ccccc1. The van der Waals surface area contributed by atoms with Crippen LogP contribution in [0.25, 0.3) is 0 Å². The molecule has 0 unspecified atom stereocenters. The Hall–Kier alpha value is -2.87. The van der Waals surface area contributed by atoms with Crippen LogP contribution in [0, 0.1) is 0 Å². The molecule has 136 valence electrons. The van der Waals surface area contributed by atoms with Gasteiger partial charge in [-0.1, -0.05) is 36.4 Å². The van der Waals surface area contributed by atoms with E-state index in [-0.39, 0.29) is 11.3 Å². The van der Waals surface area contributed by atoms with E-state index in [4.69, 9.17) is 5.73 Å². The Morgan fingerprint density at radius 1 is 1.08 bits per heavy atom. The van der Waals surface area contributed by atoms with Crippen molar-refractivity contribution in [2.45, 2.75) is 12.5 Å². The minimum Gasteiger partial charge on any atom is -0.368 e. The number of primary amides is 1. The predicted molar refractivity (Wildman–Crippen MR) is 98.0 cm³/mol. The highest BCUT2D eigenvalue weighted by Crippen LogP contribution is 2.25. The van der Waals surface area contributed by atoms with Gasteiger partial charge in [0.2, 0.25) is 15.9 Å². The number of anilines is 1. The molecule has 0 aromatic heterocycles. The van der Waals surface area contributed by atoms with Gasteiger partial charge >= 0.3 is 0 Å². The minimum atomic E-state index is -3.33. The molecule has 0 radical (unpaired) electrons. The summed E-state index contributed by atoms with van der Waals surface area (Å²) in [5.74, 6) is -1.08. The van der Waals surface area contributed by atoms with Gasteiger partial charge in [0.1, 0.15) is 6.04 Å². The lowest BCUT2D eigenvalue weighted by atomic mass is 10.1. The molecule has 1 aliphatic rings. The molecular formula is C18H19N3O4S. The van der Waals surface area contributed by atoms with Crippen molar-refractivity contribution >= 4 is 27.5 Å². The number of carbonyl (C=O) groups is 2. The maximum atomic E-state index is 12.6. The van der Waals surface area contributed by atoms with E-state index in [2.05, 4.69) is 5.32 Å². The van der Waals surface area contributed by atoms with E-state index >= 15 is 0 Å². The first kappa shape index (κ1) is 17.9. The van der Waals surface area contributed by atoms with Crippen LogP contribution >= 0.6 is 0 Å². The van der Waals surface area contributed by atoms with Gasteiger partial charge in [-0.05, 0) is 30.2 Å². The van der Waals surface area contributed by atoms with Crippen LogP contribution in [-0.4, -0.2) is 32.5 Å². The van der Waals surface area contributed by atoms with E-state index in [0.717, 1.165) is 0 Å². The van der Waals surface area contributed by atoms with Gasteiger partial charge in [-0.2, -0.15) is 0 Å². The lowest BCUT2D eigenvalue weighted by Crippen LogP contribution is -2.37. The van der Waals surface area contributed by atoms with Crippen LogP contribution in [0.3, 0.4) is 0 Å². The molecule has 2 aromatic carbocycles. The molecule has 7 nitrogen and oxygen atoms in total. The summed E-state index contributed by atoms with van der Waals surface area (Å²) in [5, 5.41) is 2.61. The highest BCUT2D eigenvalue weighted by molar-refractivity contribution is 7.93. The smallest absolute Gasteiger partial charge is 0.252 e. The number of carbonyl (C=O) groups excluding carboxylic acids is 2. The molecule has 1 heterocycles. The van der Waals surface area contributed by atoms with Crippen molar-refractivity contribution in [3.8, 4) is 0 Å². The first-order valence-electron chi connectivity index (χ1n) is 8.14. The van der Waals surface area contributed by atoms with Crippen LogP contribution in [0.15, 0.2) is 54.6 Å². The Kier molecular flexibility index (Phi) is 4.94. The molecule has 3 rings (SSSR count). The Balaban J connectivity index is 1.84. The first-order chi connectivity index (χ1) is 12.4. The number of nitrogens with zero attached hydrogens (tertiary/aromatic N) is 1. The number of benzene rings is 2. The fourth-order valence-corrected chi connectivity index (χ4v) is 4.47. The third kappa shape index (κ3) is 3.70. The van der Waals surface area contributed by atoms with Gasteiger partial charge in [0.05, 0.1) is 11.4 Å². The van der Waals surface area contributed by atoms with Crippen LogP contribution in [-0.2, 0) is 14.8 Å². The fraction of sp³-hybridized carbons (Fsp3) is 0.222. The zero-order chi connectivity index (χ0) is 18.7. The van der Waals surface area contributed by atoms with E-state index in [1.54, 1.807) is 48.5 Å². The van der Waals surface area contributed by atoms with Gasteiger partial charge in [-0.15, -0.1) is 0 Å². The van der Waals surface area contributed by atoms with Gasteiger partial charge in [0.25, 0.3) is 5.91 Å². The number of hydrogen-bond donors (Lipinski definition) is 2. The minimum absolute atomic E-state index is 0.0984. The second-order valence-corrected chi connectivity index (χ2v) is 8.02. The van der Waals surface area contributed by atoms with Crippen molar-refractivity contribution in [1.82, 2.24) is 5.32 Å². The Morgan fingerprint density at radius 2 is 1.81 bits per heavy atom. The number of nitrogens with two attached hydrogens (primary N) is 1. The molecule has 1 aliphatic heterocycles. The van der Waals surface area contributed by atoms with Crippen LogP contribution in [0.4, 0.5) is 5.69 Å². The van der Waals surface area contributed by atoms with Crippen molar-refractivity contribution in [2.75, 3.05) is 16.6 Å².